The van der Waals surface area contributed by atoms with Gasteiger partial charge in [0, 0.05) is 0 Å². The molecule has 0 unspecified atom stereocenters. The van der Waals surface area contributed by atoms with E-state index in [4.69, 9.17) is 13.6 Å². The molecule has 0 aliphatic heterocycles. The van der Waals surface area contributed by atoms with Gasteiger partial charge in [0.15, 0.2) is 0 Å². The third-order valence-corrected chi connectivity index (χ3v) is 21.7. The normalized spacial score (nSPS) is 14.2. The number of aryl methyl sites for hydroxylation is 6. The minimum Gasteiger partial charge on any atom is -0.299 e. The highest BCUT2D eigenvalue weighted by molar-refractivity contribution is 7.41. The molecule has 6 aromatic carbocycles. The first-order valence-electron chi connectivity index (χ1n) is 36.9. The Balaban J connectivity index is 2.07. The van der Waals surface area contributed by atoms with Gasteiger partial charge in [-0.05, 0) is 240 Å². The Labute approximate surface area is 599 Å². The van der Waals surface area contributed by atoms with Gasteiger partial charge in [0.25, 0.3) is 0 Å². The second-order valence-electron chi connectivity index (χ2n) is 42.2. The molecule has 536 valence electrons. The van der Waals surface area contributed by atoms with Crippen molar-refractivity contribution in [1.82, 2.24) is 0 Å². The van der Waals surface area contributed by atoms with Crippen molar-refractivity contribution in [2.75, 3.05) is 0 Å². The summed E-state index contributed by atoms with van der Waals surface area (Å²) in [6.45, 7) is 99.4. The smallest absolute Gasteiger partial charge is 0.299 e. The van der Waals surface area contributed by atoms with Crippen molar-refractivity contribution < 1.29 is 13.6 Å². The van der Waals surface area contributed by atoms with Crippen molar-refractivity contribution in [2.45, 2.75) is 374 Å². The van der Waals surface area contributed by atoms with Crippen molar-refractivity contribution in [3.8, 4) is 0 Å². The third-order valence-electron chi connectivity index (χ3n) is 20.5. The van der Waals surface area contributed by atoms with Crippen LogP contribution in [0, 0.1) is 41.5 Å². The second-order valence-corrected chi connectivity index (χ2v) is 43.3. The Bertz CT molecular complexity index is 3200. The summed E-state index contributed by atoms with van der Waals surface area (Å²) in [6, 6.07) is 29.9. The molecule has 0 radical (unpaired) electrons. The zero-order valence-electron chi connectivity index (χ0n) is 70.3. The standard InChI is InChI=1S/C93H141O3P/c1-55-43-61(82(7,8)9)49-67(88(25,26)27)73(55)79(74-56(2)44-62(83(10,11)12)50-68(74)89(28,29)30)94-97(95-80(75-57(3)45-63(84(13,14)15)51-69(75)90(31,32)33)76-58(4)46-64(85(16,17)18)52-70(76)91(34,35)36)96-81(77-59(5)47-65(86(19,20)21)53-71(77)92(37,38)39)78-60(6)48-66(87(22,23)24)54-72(78)93(40,41)42/h43-54,79-81H,1-42H3. The van der Waals surface area contributed by atoms with Crippen molar-refractivity contribution in [2.24, 2.45) is 0 Å². The minimum atomic E-state index is -2.47. The molecule has 0 saturated heterocycles. The van der Waals surface area contributed by atoms with Crippen LogP contribution in [0.2, 0.25) is 0 Å². The molecule has 0 heterocycles. The van der Waals surface area contributed by atoms with E-state index in [9.17, 15) is 0 Å². The van der Waals surface area contributed by atoms with Gasteiger partial charge in [-0.2, -0.15) is 0 Å². The quantitative estimate of drug-likeness (QED) is 0.114. The van der Waals surface area contributed by atoms with Gasteiger partial charge in [-0.3, -0.25) is 13.6 Å². The van der Waals surface area contributed by atoms with Crippen LogP contribution in [0.4, 0.5) is 0 Å². The molecule has 0 aliphatic rings. The molecule has 97 heavy (non-hydrogen) atoms. The monoisotopic (exact) mass is 1340 g/mol. The molecule has 0 N–H and O–H groups in total. The first kappa shape index (κ1) is 81.6. The molecule has 0 saturated carbocycles. The van der Waals surface area contributed by atoms with E-state index >= 15 is 0 Å². The van der Waals surface area contributed by atoms with Crippen LogP contribution in [-0.2, 0) is 78.6 Å². The van der Waals surface area contributed by atoms with Crippen LogP contribution in [0.25, 0.3) is 0 Å². The molecule has 0 spiro atoms. The maximum atomic E-state index is 8.85. The summed E-state index contributed by atoms with van der Waals surface area (Å²) in [7, 11) is -2.47. The van der Waals surface area contributed by atoms with Crippen molar-refractivity contribution in [3.63, 3.8) is 0 Å². The van der Waals surface area contributed by atoms with E-state index in [2.05, 4.69) is 364 Å². The Morgan fingerprint density at radius 3 is 0.392 bits per heavy atom. The van der Waals surface area contributed by atoms with Gasteiger partial charge in [0.2, 0.25) is 0 Å². The number of benzene rings is 6. The topological polar surface area (TPSA) is 27.7 Å². The molecule has 0 atom stereocenters. The zero-order chi connectivity index (χ0) is 74.8. The highest BCUT2D eigenvalue weighted by atomic mass is 31.2. The van der Waals surface area contributed by atoms with Crippen LogP contribution >= 0.6 is 8.60 Å². The van der Waals surface area contributed by atoms with Crippen LogP contribution in [0.3, 0.4) is 0 Å². The second kappa shape index (κ2) is 27.1. The molecule has 0 aliphatic carbocycles. The molecule has 4 heteroatoms. The van der Waals surface area contributed by atoms with Gasteiger partial charge >= 0.3 is 8.60 Å². The molecule has 0 aromatic heterocycles. The first-order valence-corrected chi connectivity index (χ1v) is 38.0. The van der Waals surface area contributed by atoms with E-state index in [-0.39, 0.29) is 65.0 Å². The Morgan fingerprint density at radius 2 is 0.299 bits per heavy atom. The fourth-order valence-electron chi connectivity index (χ4n) is 14.3. The lowest BCUT2D eigenvalue weighted by atomic mass is 9.72. The Kier molecular flexibility index (Phi) is 22.8. The highest BCUT2D eigenvalue weighted by Gasteiger charge is 2.44. The van der Waals surface area contributed by atoms with E-state index in [1.165, 1.54) is 134 Å². The summed E-state index contributed by atoms with van der Waals surface area (Å²) >= 11 is 0. The maximum Gasteiger partial charge on any atom is 0.335 e. The van der Waals surface area contributed by atoms with Crippen LogP contribution in [0.1, 0.15) is 401 Å². The predicted octanol–water partition coefficient (Wildman–Crippen LogP) is 28.1. The minimum absolute atomic E-state index is 0.119. The fourth-order valence-corrected chi connectivity index (χ4v) is 15.6. The molecule has 6 rings (SSSR count). The van der Waals surface area contributed by atoms with Gasteiger partial charge < -0.3 is 0 Å². The first-order chi connectivity index (χ1) is 43.2. The number of hydrogen-bond donors (Lipinski definition) is 0. The molecule has 0 bridgehead atoms. The van der Waals surface area contributed by atoms with Gasteiger partial charge in [0.05, 0.1) is 0 Å². The lowest BCUT2D eigenvalue weighted by Crippen LogP contribution is -2.28. The average molecular weight is 1340 g/mol. The van der Waals surface area contributed by atoms with Crippen LogP contribution in [-0.4, -0.2) is 0 Å². The van der Waals surface area contributed by atoms with Gasteiger partial charge in [-0.15, -0.1) is 0 Å². The highest BCUT2D eigenvalue weighted by Crippen LogP contribution is 2.61. The molecule has 6 aromatic rings. The van der Waals surface area contributed by atoms with Crippen molar-refractivity contribution in [1.29, 1.82) is 0 Å². The van der Waals surface area contributed by atoms with E-state index in [1.807, 2.05) is 0 Å². The molecule has 0 amide bonds. The maximum absolute atomic E-state index is 8.85. The molecule has 0 fully saturated rings. The Hall–Kier alpha value is -4.37. The third kappa shape index (κ3) is 18.5. The lowest BCUT2D eigenvalue weighted by molar-refractivity contribution is 0.0917. The lowest BCUT2D eigenvalue weighted by Gasteiger charge is -2.41. The van der Waals surface area contributed by atoms with Crippen LogP contribution < -0.4 is 0 Å². The summed E-state index contributed by atoms with van der Waals surface area (Å²) in [4.78, 5) is 0. The largest absolute Gasteiger partial charge is 0.335 e. The van der Waals surface area contributed by atoms with Crippen LogP contribution in [0.15, 0.2) is 72.8 Å². The summed E-state index contributed by atoms with van der Waals surface area (Å²) in [5.74, 6) is 0. The molecular formula is C93H141O3P. The summed E-state index contributed by atoms with van der Waals surface area (Å²) in [5, 5.41) is 0. The summed E-state index contributed by atoms with van der Waals surface area (Å²) < 4.78 is 26.5. The van der Waals surface area contributed by atoms with E-state index in [0.29, 0.717) is 0 Å². The molecular weight excluding hydrogens is 1200 g/mol. The van der Waals surface area contributed by atoms with E-state index in [0.717, 1.165) is 0 Å². The Morgan fingerprint density at radius 1 is 0.186 bits per heavy atom. The van der Waals surface area contributed by atoms with Crippen molar-refractivity contribution in [3.05, 3.63) is 206 Å². The average Bonchev–Trinajstić information content (AvgIpc) is 0.747. The molecule has 3 nitrogen and oxygen atoms in total. The van der Waals surface area contributed by atoms with Gasteiger partial charge in [-0.25, -0.2) is 0 Å². The number of hydrogen-bond acceptors (Lipinski definition) is 3. The fraction of sp³-hybridized carbons (Fsp3) is 0.613. The van der Waals surface area contributed by atoms with Crippen LogP contribution in [0.5, 0.6) is 0 Å². The van der Waals surface area contributed by atoms with E-state index < -0.39 is 26.9 Å². The van der Waals surface area contributed by atoms with Gasteiger partial charge in [-0.1, -0.05) is 322 Å². The zero-order valence-corrected chi connectivity index (χ0v) is 71.2. The van der Waals surface area contributed by atoms with Crippen molar-refractivity contribution >= 4 is 8.60 Å². The summed E-state index contributed by atoms with van der Waals surface area (Å²) in [5.41, 5.74) is 27.2. The number of rotatable bonds is 12. The SMILES string of the molecule is Cc1cc(C(C)(C)C)cc(C(C)(C)C)c1C(OP(OC(c1c(C)cc(C(C)(C)C)cc1C(C)(C)C)c1c(C)cc(C(C)(C)C)cc1C(C)(C)C)OC(c1c(C)cc(C(C)(C)C)cc1C(C)(C)C)c1c(C)cc(C(C)(C)C)cc1C(C)(C)C)c1c(C)cc(C(C)(C)C)cc1C(C)(C)C. The summed E-state index contributed by atoms with van der Waals surface area (Å²) in [6.07, 6.45) is -1.97. The van der Waals surface area contributed by atoms with E-state index in [1.54, 1.807) is 0 Å². The predicted molar refractivity (Wildman–Crippen MR) is 427 cm³/mol. The van der Waals surface area contributed by atoms with Gasteiger partial charge in [0.1, 0.15) is 18.3 Å².